The number of carbonyl (C=O) groups is 2. The third-order valence-corrected chi connectivity index (χ3v) is 3.87. The summed E-state index contributed by atoms with van der Waals surface area (Å²) >= 11 is 0.787. The topological polar surface area (TPSA) is 46.2 Å². The summed E-state index contributed by atoms with van der Waals surface area (Å²) < 4.78 is 40.4. The highest BCUT2D eigenvalue weighted by Crippen LogP contribution is 2.24. The van der Waals surface area contributed by atoms with Crippen molar-refractivity contribution in [2.24, 2.45) is 0 Å². The Morgan fingerprint density at radius 3 is 2.43 bits per heavy atom. The van der Waals surface area contributed by atoms with E-state index >= 15 is 0 Å². The van der Waals surface area contributed by atoms with Gasteiger partial charge in [0.1, 0.15) is 17.5 Å². The zero-order valence-corrected chi connectivity index (χ0v) is 12.8. The average Bonchev–Trinajstić information content (AvgIpc) is 2.47. The van der Waals surface area contributed by atoms with Crippen LogP contribution in [-0.2, 0) is 4.79 Å². The number of thioether (sulfide) groups is 1. The minimum Gasteiger partial charge on any atom is -0.326 e. The highest BCUT2D eigenvalue weighted by Gasteiger charge is 2.14. The summed E-state index contributed by atoms with van der Waals surface area (Å²) in [6.45, 7) is 1.28. The lowest BCUT2D eigenvalue weighted by Gasteiger charge is -2.07. The Labute approximate surface area is 134 Å². The summed E-state index contributed by atoms with van der Waals surface area (Å²) in [6.07, 6.45) is 0. The van der Waals surface area contributed by atoms with Gasteiger partial charge >= 0.3 is 0 Å². The van der Waals surface area contributed by atoms with E-state index in [9.17, 15) is 22.8 Å². The monoisotopic (exact) mass is 339 g/mol. The zero-order valence-electron chi connectivity index (χ0n) is 12.0. The number of ketones is 1. The molecule has 0 saturated heterocycles. The van der Waals surface area contributed by atoms with Gasteiger partial charge in [-0.15, -0.1) is 11.8 Å². The van der Waals surface area contributed by atoms with E-state index in [2.05, 4.69) is 5.32 Å². The van der Waals surface area contributed by atoms with E-state index < -0.39 is 23.2 Å². The molecule has 0 saturated carbocycles. The van der Waals surface area contributed by atoms with Crippen LogP contribution < -0.4 is 5.32 Å². The molecule has 2 aromatic carbocycles. The lowest BCUT2D eigenvalue weighted by molar-refractivity contribution is -0.114. The van der Waals surface area contributed by atoms with Gasteiger partial charge in [0.2, 0.25) is 5.91 Å². The van der Waals surface area contributed by atoms with Crippen LogP contribution in [0.5, 0.6) is 0 Å². The van der Waals surface area contributed by atoms with Crippen molar-refractivity contribution < 1.29 is 22.8 Å². The molecule has 0 fully saturated rings. The Morgan fingerprint density at radius 1 is 1.04 bits per heavy atom. The number of Topliss-reactive ketones (excluding diaryl/α,β-unsaturated/α-hetero) is 1. The van der Waals surface area contributed by atoms with Crippen LogP contribution in [0.25, 0.3) is 0 Å². The van der Waals surface area contributed by atoms with Gasteiger partial charge in [0.15, 0.2) is 5.78 Å². The highest BCUT2D eigenvalue weighted by molar-refractivity contribution is 8.00. The fraction of sp³-hybridized carbons (Fsp3) is 0.125. The van der Waals surface area contributed by atoms with Crippen LogP contribution in [0.3, 0.4) is 0 Å². The molecule has 2 rings (SSSR count). The second-order valence-electron chi connectivity index (χ2n) is 4.66. The molecular weight excluding hydrogens is 327 g/mol. The number of hydrogen-bond donors (Lipinski definition) is 1. The number of rotatable bonds is 5. The number of amides is 1. The molecular formula is C16H12F3NO2S. The molecule has 0 aliphatic heterocycles. The second kappa shape index (κ2) is 7.32. The maximum absolute atomic E-state index is 13.9. The molecule has 1 N–H and O–H groups in total. The normalized spacial score (nSPS) is 10.4. The minimum atomic E-state index is -0.790. The number of carbonyl (C=O) groups excluding carboxylic acids is 2. The molecule has 0 heterocycles. The van der Waals surface area contributed by atoms with Gasteiger partial charge in [-0.05, 0) is 36.4 Å². The third kappa shape index (κ3) is 4.59. The zero-order chi connectivity index (χ0) is 17.0. The number of anilines is 1. The first-order valence-electron chi connectivity index (χ1n) is 6.55. The molecule has 120 valence electrons. The lowest BCUT2D eigenvalue weighted by Crippen LogP contribution is -2.09. The second-order valence-corrected chi connectivity index (χ2v) is 5.68. The van der Waals surface area contributed by atoms with E-state index in [0.717, 1.165) is 36.0 Å². The number of halogens is 3. The number of benzene rings is 2. The Bertz CT molecular complexity index is 765. The van der Waals surface area contributed by atoms with Crippen LogP contribution in [0.15, 0.2) is 41.3 Å². The quantitative estimate of drug-likeness (QED) is 0.661. The van der Waals surface area contributed by atoms with Crippen LogP contribution in [0.2, 0.25) is 0 Å². The molecule has 23 heavy (non-hydrogen) atoms. The Hall–Kier alpha value is -2.28. The van der Waals surface area contributed by atoms with Crippen molar-refractivity contribution in [3.63, 3.8) is 0 Å². The van der Waals surface area contributed by atoms with Crippen LogP contribution in [0.4, 0.5) is 18.9 Å². The SMILES string of the molecule is CC(=O)Nc1ccc(C(=O)CSc2cc(F)ccc2F)c(F)c1. The van der Waals surface area contributed by atoms with Crippen molar-refractivity contribution in [1.82, 2.24) is 0 Å². The van der Waals surface area contributed by atoms with Crippen molar-refractivity contribution in [1.29, 1.82) is 0 Å². The average molecular weight is 339 g/mol. The predicted molar refractivity (Wildman–Crippen MR) is 82.1 cm³/mol. The summed E-state index contributed by atoms with van der Waals surface area (Å²) in [4.78, 5) is 22.9. The molecule has 1 amide bonds. The molecule has 7 heteroatoms. The summed E-state index contributed by atoms with van der Waals surface area (Å²) in [5.41, 5.74) is 0.0544. The molecule has 0 aliphatic carbocycles. The van der Waals surface area contributed by atoms with Gasteiger partial charge in [0.05, 0.1) is 11.3 Å². The van der Waals surface area contributed by atoms with Gasteiger partial charge in [-0.25, -0.2) is 13.2 Å². The van der Waals surface area contributed by atoms with Gasteiger partial charge in [-0.2, -0.15) is 0 Å². The summed E-state index contributed by atoms with van der Waals surface area (Å²) in [7, 11) is 0. The van der Waals surface area contributed by atoms with E-state index in [1.807, 2.05) is 0 Å². The van der Waals surface area contributed by atoms with E-state index in [-0.39, 0.29) is 27.8 Å². The molecule has 0 unspecified atom stereocenters. The number of nitrogens with one attached hydrogen (secondary N) is 1. The van der Waals surface area contributed by atoms with Crippen molar-refractivity contribution >= 4 is 29.1 Å². The molecule has 2 aromatic rings. The van der Waals surface area contributed by atoms with E-state index in [1.54, 1.807) is 0 Å². The minimum absolute atomic E-state index is 0.0198. The summed E-state index contributed by atoms with van der Waals surface area (Å²) in [6, 6.07) is 6.58. The van der Waals surface area contributed by atoms with E-state index in [0.29, 0.717) is 0 Å². The number of hydrogen-bond acceptors (Lipinski definition) is 3. The fourth-order valence-corrected chi connectivity index (χ4v) is 2.68. The summed E-state index contributed by atoms with van der Waals surface area (Å²) in [5, 5.41) is 2.40. The molecule has 0 atom stereocenters. The Kier molecular flexibility index (Phi) is 5.44. The van der Waals surface area contributed by atoms with Gasteiger partial charge in [0.25, 0.3) is 0 Å². The Morgan fingerprint density at radius 2 is 1.78 bits per heavy atom. The first-order chi connectivity index (χ1) is 10.9. The molecule has 0 bridgehead atoms. The largest absolute Gasteiger partial charge is 0.326 e. The van der Waals surface area contributed by atoms with Gasteiger partial charge in [0, 0.05) is 17.5 Å². The maximum Gasteiger partial charge on any atom is 0.221 e. The van der Waals surface area contributed by atoms with Crippen LogP contribution in [0, 0.1) is 17.5 Å². The molecule has 0 aliphatic rings. The highest BCUT2D eigenvalue weighted by atomic mass is 32.2. The van der Waals surface area contributed by atoms with E-state index in [1.165, 1.54) is 19.1 Å². The van der Waals surface area contributed by atoms with Crippen molar-refractivity contribution in [2.75, 3.05) is 11.1 Å². The first-order valence-corrected chi connectivity index (χ1v) is 7.53. The molecule has 0 radical (unpaired) electrons. The maximum atomic E-state index is 13.9. The first kappa shape index (κ1) is 17.1. The van der Waals surface area contributed by atoms with Crippen molar-refractivity contribution in [3.8, 4) is 0 Å². The standard InChI is InChI=1S/C16H12F3NO2S/c1-9(21)20-11-3-4-12(14(19)7-11)15(22)8-23-16-6-10(17)2-5-13(16)18/h2-7H,8H2,1H3,(H,20,21). The smallest absolute Gasteiger partial charge is 0.221 e. The lowest BCUT2D eigenvalue weighted by atomic mass is 10.1. The van der Waals surface area contributed by atoms with Crippen molar-refractivity contribution in [2.45, 2.75) is 11.8 Å². The van der Waals surface area contributed by atoms with Gasteiger partial charge in [-0.3, -0.25) is 9.59 Å². The van der Waals surface area contributed by atoms with E-state index in [4.69, 9.17) is 0 Å². The van der Waals surface area contributed by atoms with Crippen LogP contribution >= 0.6 is 11.8 Å². The molecule has 0 spiro atoms. The van der Waals surface area contributed by atoms with Crippen molar-refractivity contribution in [3.05, 3.63) is 59.4 Å². The van der Waals surface area contributed by atoms with Gasteiger partial charge < -0.3 is 5.32 Å². The Balaban J connectivity index is 2.08. The molecule has 0 aromatic heterocycles. The fourth-order valence-electron chi connectivity index (χ4n) is 1.83. The molecule has 3 nitrogen and oxygen atoms in total. The third-order valence-electron chi connectivity index (χ3n) is 2.84. The van der Waals surface area contributed by atoms with Crippen LogP contribution in [0.1, 0.15) is 17.3 Å². The van der Waals surface area contributed by atoms with Gasteiger partial charge in [-0.1, -0.05) is 0 Å². The van der Waals surface area contributed by atoms with Crippen LogP contribution in [-0.4, -0.2) is 17.4 Å². The summed E-state index contributed by atoms with van der Waals surface area (Å²) in [5.74, 6) is -3.22. The predicted octanol–water partition coefficient (Wildman–Crippen LogP) is 4.04.